The number of hydrogen-bond acceptors (Lipinski definition) is 5. The minimum Gasteiger partial charge on any atom is -0.468 e. The summed E-state index contributed by atoms with van der Waals surface area (Å²) in [7, 11) is 5.64. The average Bonchev–Trinajstić information content (AvgIpc) is 3.19. The smallest absolute Gasteiger partial charge is 0.324 e. The highest BCUT2D eigenvalue weighted by Crippen LogP contribution is 2.19. The fourth-order valence-electron chi connectivity index (χ4n) is 2.12. The predicted molar refractivity (Wildman–Crippen MR) is 77.2 cm³/mol. The van der Waals surface area contributed by atoms with Gasteiger partial charge >= 0.3 is 5.97 Å². The molecule has 1 atom stereocenters. The number of carbonyl (C=O) groups excluding carboxylic acids is 1. The topological polar surface area (TPSA) is 44.8 Å². The van der Waals surface area contributed by atoms with Gasteiger partial charge in [0.25, 0.3) is 0 Å². The number of hydrogen-bond donors (Lipinski definition) is 1. The molecular weight excluding hydrogens is 242 g/mol. The third-order valence-electron chi connectivity index (χ3n) is 3.47. The van der Waals surface area contributed by atoms with Crippen LogP contribution < -0.4 is 5.32 Å². The van der Waals surface area contributed by atoms with Gasteiger partial charge in [-0.2, -0.15) is 0 Å². The molecule has 0 aliphatic heterocycles. The van der Waals surface area contributed by atoms with Gasteiger partial charge in [-0.05, 0) is 53.0 Å². The average molecular weight is 271 g/mol. The first-order valence-electron chi connectivity index (χ1n) is 7.27. The Bertz CT molecular complexity index is 267. The molecule has 1 fully saturated rings. The lowest BCUT2D eigenvalue weighted by Gasteiger charge is -2.26. The van der Waals surface area contributed by atoms with E-state index in [1.807, 2.05) is 0 Å². The SMILES string of the molecule is CCN(CCCN(C)C)CC(NC1CC1)C(=O)OC. The highest BCUT2D eigenvalue weighted by molar-refractivity contribution is 5.76. The second-order valence-electron chi connectivity index (χ2n) is 5.57. The zero-order valence-corrected chi connectivity index (χ0v) is 12.8. The Morgan fingerprint density at radius 3 is 2.53 bits per heavy atom. The Labute approximate surface area is 117 Å². The Morgan fingerprint density at radius 1 is 1.37 bits per heavy atom. The van der Waals surface area contributed by atoms with Crippen molar-refractivity contribution in [3.63, 3.8) is 0 Å². The predicted octanol–water partition coefficient (Wildman–Crippen LogP) is 0.554. The van der Waals surface area contributed by atoms with E-state index in [2.05, 4.69) is 36.1 Å². The van der Waals surface area contributed by atoms with Crippen molar-refractivity contribution in [2.75, 3.05) is 47.4 Å². The number of methoxy groups -OCH3 is 1. The van der Waals surface area contributed by atoms with Gasteiger partial charge in [0.1, 0.15) is 6.04 Å². The Kier molecular flexibility index (Phi) is 7.34. The van der Waals surface area contributed by atoms with E-state index < -0.39 is 0 Å². The number of rotatable bonds is 10. The fourth-order valence-corrected chi connectivity index (χ4v) is 2.12. The normalized spacial score (nSPS) is 16.9. The molecule has 112 valence electrons. The Balaban J connectivity index is 2.37. The van der Waals surface area contributed by atoms with Crippen LogP contribution in [0.4, 0.5) is 0 Å². The van der Waals surface area contributed by atoms with Crippen LogP contribution in [-0.4, -0.2) is 75.2 Å². The molecule has 0 radical (unpaired) electrons. The van der Waals surface area contributed by atoms with Crippen LogP contribution in [0.1, 0.15) is 26.2 Å². The minimum absolute atomic E-state index is 0.141. The van der Waals surface area contributed by atoms with E-state index in [-0.39, 0.29) is 12.0 Å². The quantitative estimate of drug-likeness (QED) is 0.588. The molecule has 0 bridgehead atoms. The molecule has 1 aliphatic rings. The van der Waals surface area contributed by atoms with E-state index in [1.54, 1.807) is 0 Å². The van der Waals surface area contributed by atoms with Gasteiger partial charge in [-0.25, -0.2) is 0 Å². The van der Waals surface area contributed by atoms with Crippen LogP contribution in [0.25, 0.3) is 0 Å². The molecule has 0 heterocycles. The fraction of sp³-hybridized carbons (Fsp3) is 0.929. The van der Waals surface area contributed by atoms with Gasteiger partial charge in [0.15, 0.2) is 0 Å². The van der Waals surface area contributed by atoms with E-state index in [4.69, 9.17) is 4.74 Å². The van der Waals surface area contributed by atoms with Gasteiger partial charge in [-0.1, -0.05) is 6.92 Å². The van der Waals surface area contributed by atoms with E-state index in [0.717, 1.165) is 32.6 Å². The Morgan fingerprint density at radius 2 is 2.05 bits per heavy atom. The summed E-state index contributed by atoms with van der Waals surface area (Å²) in [6, 6.07) is 0.335. The van der Waals surface area contributed by atoms with Gasteiger partial charge in [0.2, 0.25) is 0 Å². The number of ether oxygens (including phenoxy) is 1. The highest BCUT2D eigenvalue weighted by atomic mass is 16.5. The monoisotopic (exact) mass is 271 g/mol. The van der Waals surface area contributed by atoms with Crippen molar-refractivity contribution < 1.29 is 9.53 Å². The summed E-state index contributed by atoms with van der Waals surface area (Å²) in [5.41, 5.74) is 0. The van der Waals surface area contributed by atoms with E-state index in [0.29, 0.717) is 6.04 Å². The molecule has 1 saturated carbocycles. The lowest BCUT2D eigenvalue weighted by molar-refractivity contribution is -0.143. The summed E-state index contributed by atoms with van der Waals surface area (Å²) in [6.07, 6.45) is 3.48. The first-order valence-corrected chi connectivity index (χ1v) is 7.27. The van der Waals surface area contributed by atoms with Gasteiger partial charge < -0.3 is 19.9 Å². The summed E-state index contributed by atoms with van der Waals surface area (Å²) in [5.74, 6) is -0.141. The summed E-state index contributed by atoms with van der Waals surface area (Å²) < 4.78 is 4.89. The first kappa shape index (κ1) is 16.4. The van der Waals surface area contributed by atoms with E-state index in [9.17, 15) is 4.79 Å². The molecule has 0 aromatic heterocycles. The van der Waals surface area contributed by atoms with Crippen LogP contribution in [0.5, 0.6) is 0 Å². The molecule has 0 saturated heterocycles. The third-order valence-corrected chi connectivity index (χ3v) is 3.47. The molecule has 0 aromatic rings. The zero-order chi connectivity index (χ0) is 14.3. The summed E-state index contributed by atoms with van der Waals surface area (Å²) in [4.78, 5) is 16.3. The van der Waals surface area contributed by atoms with Crippen LogP contribution in [0.15, 0.2) is 0 Å². The minimum atomic E-state index is -0.184. The zero-order valence-electron chi connectivity index (χ0n) is 12.8. The first-order chi connectivity index (χ1) is 9.06. The molecule has 19 heavy (non-hydrogen) atoms. The number of carbonyl (C=O) groups is 1. The maximum absolute atomic E-state index is 11.8. The molecular formula is C14H29N3O2. The van der Waals surface area contributed by atoms with Crippen LogP contribution >= 0.6 is 0 Å². The lowest BCUT2D eigenvalue weighted by Crippen LogP contribution is -2.48. The van der Waals surface area contributed by atoms with Crippen LogP contribution in [0, 0.1) is 0 Å². The van der Waals surface area contributed by atoms with Gasteiger partial charge in [-0.3, -0.25) is 4.79 Å². The van der Waals surface area contributed by atoms with Gasteiger partial charge in [0, 0.05) is 12.6 Å². The standard InChI is InChI=1S/C14H29N3O2/c1-5-17(10-6-9-16(2)3)11-13(14(18)19-4)15-12-7-8-12/h12-13,15H,5-11H2,1-4H3. The second kappa shape index (κ2) is 8.51. The van der Waals surface area contributed by atoms with E-state index in [1.165, 1.54) is 20.0 Å². The number of nitrogens with one attached hydrogen (secondary N) is 1. The highest BCUT2D eigenvalue weighted by Gasteiger charge is 2.29. The van der Waals surface area contributed by atoms with E-state index >= 15 is 0 Å². The molecule has 5 heteroatoms. The number of esters is 1. The van der Waals surface area contributed by atoms with Crippen molar-refractivity contribution in [3.05, 3.63) is 0 Å². The second-order valence-corrected chi connectivity index (χ2v) is 5.57. The van der Waals surface area contributed by atoms with Crippen LogP contribution in [0.3, 0.4) is 0 Å². The van der Waals surface area contributed by atoms with Crippen molar-refractivity contribution in [3.8, 4) is 0 Å². The summed E-state index contributed by atoms with van der Waals surface area (Å²) in [5, 5.41) is 3.38. The molecule has 1 unspecified atom stereocenters. The van der Waals surface area contributed by atoms with Crippen LogP contribution in [-0.2, 0) is 9.53 Å². The molecule has 0 amide bonds. The Hall–Kier alpha value is -0.650. The molecule has 1 aliphatic carbocycles. The number of likely N-dealkylation sites (N-methyl/N-ethyl adjacent to an activating group) is 1. The van der Waals surface area contributed by atoms with Crippen molar-refractivity contribution in [2.24, 2.45) is 0 Å². The van der Waals surface area contributed by atoms with Crippen molar-refractivity contribution in [1.82, 2.24) is 15.1 Å². The number of nitrogens with zero attached hydrogens (tertiary/aromatic N) is 2. The molecule has 0 spiro atoms. The largest absolute Gasteiger partial charge is 0.468 e. The maximum atomic E-state index is 11.8. The van der Waals surface area contributed by atoms with Gasteiger partial charge in [0.05, 0.1) is 7.11 Å². The van der Waals surface area contributed by atoms with Crippen molar-refractivity contribution in [2.45, 2.75) is 38.3 Å². The van der Waals surface area contributed by atoms with Crippen LogP contribution in [0.2, 0.25) is 0 Å². The summed E-state index contributed by atoms with van der Waals surface area (Å²) >= 11 is 0. The summed E-state index contributed by atoms with van der Waals surface area (Å²) in [6.45, 7) is 5.95. The third kappa shape index (κ3) is 6.89. The molecule has 1 N–H and O–H groups in total. The van der Waals surface area contributed by atoms with Crippen molar-refractivity contribution >= 4 is 5.97 Å². The molecule has 5 nitrogen and oxygen atoms in total. The van der Waals surface area contributed by atoms with Crippen molar-refractivity contribution in [1.29, 1.82) is 0 Å². The van der Waals surface area contributed by atoms with Gasteiger partial charge in [-0.15, -0.1) is 0 Å². The molecule has 0 aromatic carbocycles. The lowest BCUT2D eigenvalue weighted by atomic mass is 10.2. The maximum Gasteiger partial charge on any atom is 0.324 e. The molecule has 1 rings (SSSR count).